The first-order valence-electron chi connectivity index (χ1n) is 6.65. The van der Waals surface area contributed by atoms with Crippen molar-refractivity contribution in [2.75, 3.05) is 13.2 Å². The molecule has 1 aromatic heterocycles. The van der Waals surface area contributed by atoms with Crippen LogP contribution in [-0.4, -0.2) is 24.2 Å². The topological polar surface area (TPSA) is 34.1 Å². The van der Waals surface area contributed by atoms with E-state index in [2.05, 4.69) is 23.3 Å². The van der Waals surface area contributed by atoms with Crippen molar-refractivity contribution in [3.05, 3.63) is 30.1 Å². The number of rotatable bonds is 5. The molecule has 0 saturated carbocycles. The van der Waals surface area contributed by atoms with E-state index >= 15 is 0 Å². The van der Waals surface area contributed by atoms with Crippen molar-refractivity contribution in [3.8, 4) is 0 Å². The fourth-order valence-electron chi connectivity index (χ4n) is 2.42. The average Bonchev–Trinajstić information content (AvgIpc) is 2.40. The number of ether oxygens (including phenoxy) is 1. The van der Waals surface area contributed by atoms with Crippen molar-refractivity contribution in [2.24, 2.45) is 0 Å². The summed E-state index contributed by atoms with van der Waals surface area (Å²) in [5, 5.41) is 3.53. The van der Waals surface area contributed by atoms with E-state index in [4.69, 9.17) is 4.74 Å². The summed E-state index contributed by atoms with van der Waals surface area (Å²) >= 11 is 0. The highest BCUT2D eigenvalue weighted by Crippen LogP contribution is 2.24. The molecule has 1 aliphatic heterocycles. The second-order valence-corrected chi connectivity index (χ2v) is 4.62. The van der Waals surface area contributed by atoms with E-state index in [0.717, 1.165) is 19.6 Å². The Morgan fingerprint density at radius 1 is 1.53 bits per heavy atom. The lowest BCUT2D eigenvalue weighted by molar-refractivity contribution is 0.00512. The molecule has 1 N–H and O–H groups in total. The number of nitrogens with one attached hydrogen (secondary N) is 1. The van der Waals surface area contributed by atoms with Gasteiger partial charge in [0.2, 0.25) is 0 Å². The summed E-state index contributed by atoms with van der Waals surface area (Å²) in [4.78, 5) is 4.20. The Kier molecular flexibility index (Phi) is 4.95. The maximum Gasteiger partial charge on any atom is 0.0593 e. The van der Waals surface area contributed by atoms with E-state index < -0.39 is 0 Å². The summed E-state index contributed by atoms with van der Waals surface area (Å²) < 4.78 is 5.82. The van der Waals surface area contributed by atoms with Gasteiger partial charge >= 0.3 is 0 Å². The Hall–Kier alpha value is -0.930. The molecule has 1 aromatic rings. The van der Waals surface area contributed by atoms with Crippen molar-refractivity contribution in [1.82, 2.24) is 10.3 Å². The lowest BCUT2D eigenvalue weighted by Gasteiger charge is -2.27. The third kappa shape index (κ3) is 3.79. The first-order valence-corrected chi connectivity index (χ1v) is 6.65. The average molecular weight is 234 g/mol. The number of aromatic nitrogens is 1. The van der Waals surface area contributed by atoms with Crippen molar-refractivity contribution in [2.45, 2.75) is 44.8 Å². The highest BCUT2D eigenvalue weighted by atomic mass is 16.5. The van der Waals surface area contributed by atoms with Gasteiger partial charge in [-0.1, -0.05) is 13.0 Å². The summed E-state index contributed by atoms with van der Waals surface area (Å²) in [6.07, 6.45) is 8.96. The standard InChI is InChI=1S/C14H22N2O/c1-2-16-14(12-6-5-8-15-11-12)10-13-7-3-4-9-17-13/h5-6,8,11,13-14,16H,2-4,7,9-10H2,1H3. The Bertz CT molecular complexity index is 309. The monoisotopic (exact) mass is 234 g/mol. The van der Waals surface area contributed by atoms with Crippen molar-refractivity contribution >= 4 is 0 Å². The van der Waals surface area contributed by atoms with Gasteiger partial charge in [-0.25, -0.2) is 0 Å². The van der Waals surface area contributed by atoms with Gasteiger partial charge in [0, 0.05) is 25.0 Å². The van der Waals surface area contributed by atoms with Gasteiger partial charge < -0.3 is 10.1 Å². The zero-order valence-corrected chi connectivity index (χ0v) is 10.6. The van der Waals surface area contributed by atoms with Crippen LogP contribution in [0.5, 0.6) is 0 Å². The molecule has 94 valence electrons. The first-order chi connectivity index (χ1) is 8.40. The minimum atomic E-state index is 0.372. The predicted octanol–water partition coefficient (Wildman–Crippen LogP) is 2.69. The fourth-order valence-corrected chi connectivity index (χ4v) is 2.42. The Morgan fingerprint density at radius 3 is 3.12 bits per heavy atom. The van der Waals surface area contributed by atoms with Crippen LogP contribution in [0.15, 0.2) is 24.5 Å². The molecule has 2 rings (SSSR count). The molecule has 1 fully saturated rings. The molecule has 0 amide bonds. The zero-order chi connectivity index (χ0) is 11.9. The lowest BCUT2D eigenvalue weighted by Crippen LogP contribution is -2.28. The van der Waals surface area contributed by atoms with Gasteiger partial charge in [-0.3, -0.25) is 4.98 Å². The van der Waals surface area contributed by atoms with E-state index in [9.17, 15) is 0 Å². The molecule has 0 bridgehead atoms. The first kappa shape index (κ1) is 12.5. The van der Waals surface area contributed by atoms with Gasteiger partial charge in [0.1, 0.15) is 0 Å². The number of hydrogen-bond donors (Lipinski definition) is 1. The molecule has 1 saturated heterocycles. The molecule has 3 heteroatoms. The van der Waals surface area contributed by atoms with Crippen LogP contribution >= 0.6 is 0 Å². The molecule has 1 aliphatic rings. The molecule has 2 heterocycles. The van der Waals surface area contributed by atoms with Gasteiger partial charge in [0.15, 0.2) is 0 Å². The fraction of sp³-hybridized carbons (Fsp3) is 0.643. The van der Waals surface area contributed by atoms with E-state index in [0.29, 0.717) is 12.1 Å². The highest BCUT2D eigenvalue weighted by Gasteiger charge is 2.20. The molecule has 0 aromatic carbocycles. The summed E-state index contributed by atoms with van der Waals surface area (Å²) in [5.74, 6) is 0. The summed E-state index contributed by atoms with van der Waals surface area (Å²) in [5.41, 5.74) is 1.27. The van der Waals surface area contributed by atoms with Crippen molar-refractivity contribution in [1.29, 1.82) is 0 Å². The second-order valence-electron chi connectivity index (χ2n) is 4.62. The van der Waals surface area contributed by atoms with Crippen LogP contribution in [0.4, 0.5) is 0 Å². The zero-order valence-electron chi connectivity index (χ0n) is 10.6. The van der Waals surface area contributed by atoms with Crippen LogP contribution < -0.4 is 5.32 Å². The predicted molar refractivity (Wildman–Crippen MR) is 68.9 cm³/mol. The van der Waals surface area contributed by atoms with Crippen molar-refractivity contribution in [3.63, 3.8) is 0 Å². The van der Waals surface area contributed by atoms with Gasteiger partial charge in [-0.2, -0.15) is 0 Å². The summed E-state index contributed by atoms with van der Waals surface area (Å²) in [6, 6.07) is 4.52. The molecule has 0 aliphatic carbocycles. The molecule has 2 unspecified atom stereocenters. The number of nitrogens with zero attached hydrogens (tertiary/aromatic N) is 1. The summed E-state index contributed by atoms with van der Waals surface area (Å²) in [6.45, 7) is 4.05. The van der Waals surface area contributed by atoms with E-state index in [1.165, 1.54) is 24.8 Å². The van der Waals surface area contributed by atoms with Crippen LogP contribution in [0.1, 0.15) is 44.2 Å². The minimum Gasteiger partial charge on any atom is -0.378 e. The van der Waals surface area contributed by atoms with Crippen molar-refractivity contribution < 1.29 is 4.74 Å². The minimum absolute atomic E-state index is 0.372. The van der Waals surface area contributed by atoms with E-state index in [1.807, 2.05) is 18.5 Å². The number of pyridine rings is 1. The molecule has 0 spiro atoms. The second kappa shape index (κ2) is 6.72. The third-order valence-electron chi connectivity index (χ3n) is 3.31. The van der Waals surface area contributed by atoms with Gasteiger partial charge in [0.05, 0.1) is 6.10 Å². The summed E-state index contributed by atoms with van der Waals surface area (Å²) in [7, 11) is 0. The SMILES string of the molecule is CCNC(CC1CCCCO1)c1cccnc1. The maximum atomic E-state index is 5.82. The molecular formula is C14H22N2O. The van der Waals surface area contributed by atoms with E-state index in [1.54, 1.807) is 0 Å². The normalized spacial score (nSPS) is 22.3. The maximum absolute atomic E-state index is 5.82. The van der Waals surface area contributed by atoms with Crippen LogP contribution in [0.25, 0.3) is 0 Å². The Balaban J connectivity index is 1.96. The molecule has 3 nitrogen and oxygen atoms in total. The van der Waals surface area contributed by atoms with E-state index in [-0.39, 0.29) is 0 Å². The molecule has 0 radical (unpaired) electrons. The Labute approximate surface area is 104 Å². The molecule has 2 atom stereocenters. The van der Waals surface area contributed by atoms with Crippen LogP contribution in [0.2, 0.25) is 0 Å². The smallest absolute Gasteiger partial charge is 0.0593 e. The van der Waals surface area contributed by atoms with Gasteiger partial charge in [-0.15, -0.1) is 0 Å². The third-order valence-corrected chi connectivity index (χ3v) is 3.31. The Morgan fingerprint density at radius 2 is 2.47 bits per heavy atom. The quantitative estimate of drug-likeness (QED) is 0.850. The van der Waals surface area contributed by atoms with Gasteiger partial charge in [-0.05, 0) is 43.9 Å². The van der Waals surface area contributed by atoms with Gasteiger partial charge in [0.25, 0.3) is 0 Å². The lowest BCUT2D eigenvalue weighted by atomic mass is 9.97. The molecule has 17 heavy (non-hydrogen) atoms. The van der Waals surface area contributed by atoms with Crippen LogP contribution in [0, 0.1) is 0 Å². The van der Waals surface area contributed by atoms with Crippen LogP contribution in [0.3, 0.4) is 0 Å². The van der Waals surface area contributed by atoms with Crippen LogP contribution in [-0.2, 0) is 4.74 Å². The highest BCUT2D eigenvalue weighted by molar-refractivity contribution is 5.14. The largest absolute Gasteiger partial charge is 0.378 e. The molecular weight excluding hydrogens is 212 g/mol. The number of hydrogen-bond acceptors (Lipinski definition) is 3.